The minimum atomic E-state index is 0.738. The van der Waals surface area contributed by atoms with Crippen molar-refractivity contribution in [3.05, 3.63) is 78.0 Å². The molecule has 0 bridgehead atoms. The molecule has 0 N–H and O–H groups in total. The van der Waals surface area contributed by atoms with Gasteiger partial charge in [0, 0.05) is 31.5 Å². The molecule has 0 saturated carbocycles. The first-order chi connectivity index (χ1) is 12.7. The second-order valence-corrected chi connectivity index (χ2v) is 6.30. The first-order valence-electron chi connectivity index (χ1n) is 9.17. The largest absolute Gasteiger partial charge is 0.352 e. The lowest BCUT2D eigenvalue weighted by Gasteiger charge is -2.25. The van der Waals surface area contributed by atoms with Crippen LogP contribution in [-0.2, 0) is 6.54 Å². The van der Waals surface area contributed by atoms with Gasteiger partial charge < -0.3 is 9.80 Å². The zero-order valence-corrected chi connectivity index (χ0v) is 15.8. The number of anilines is 3. The summed E-state index contributed by atoms with van der Waals surface area (Å²) in [6.07, 6.45) is 1.85. The van der Waals surface area contributed by atoms with Gasteiger partial charge in [-0.1, -0.05) is 42.5 Å². The van der Waals surface area contributed by atoms with Crippen molar-refractivity contribution in [1.82, 2.24) is 9.97 Å². The fraction of sp³-hybridized carbons (Fsp3) is 0.273. The summed E-state index contributed by atoms with van der Waals surface area (Å²) in [5.41, 5.74) is 3.63. The number of hydrogen-bond donors (Lipinski definition) is 0. The molecular weight excluding hydrogens is 320 g/mol. The Kier molecular flexibility index (Phi) is 5.84. The number of benzene rings is 2. The van der Waals surface area contributed by atoms with Crippen molar-refractivity contribution >= 4 is 17.5 Å². The monoisotopic (exact) mass is 346 g/mol. The van der Waals surface area contributed by atoms with Gasteiger partial charge in [0.2, 0.25) is 5.95 Å². The molecule has 0 fully saturated rings. The summed E-state index contributed by atoms with van der Waals surface area (Å²) in [4.78, 5) is 13.8. The summed E-state index contributed by atoms with van der Waals surface area (Å²) in [6, 6.07) is 20.9. The first kappa shape index (κ1) is 17.9. The smallest absolute Gasteiger partial charge is 0.231 e. The number of rotatable bonds is 7. The van der Waals surface area contributed by atoms with Gasteiger partial charge >= 0.3 is 0 Å². The second kappa shape index (κ2) is 8.48. The van der Waals surface area contributed by atoms with Gasteiger partial charge in [-0.3, -0.25) is 0 Å². The molecule has 3 rings (SSSR count). The Labute approximate surface area is 156 Å². The average Bonchev–Trinajstić information content (AvgIpc) is 2.68. The van der Waals surface area contributed by atoms with Crippen LogP contribution in [0.25, 0.3) is 0 Å². The Bertz CT molecular complexity index is 832. The summed E-state index contributed by atoms with van der Waals surface area (Å²) < 4.78 is 0. The summed E-state index contributed by atoms with van der Waals surface area (Å²) in [5, 5.41) is 0. The number of aryl methyl sites for hydroxylation is 1. The lowest BCUT2D eigenvalue weighted by molar-refractivity contribution is 0.805. The van der Waals surface area contributed by atoms with E-state index < -0.39 is 0 Å². The summed E-state index contributed by atoms with van der Waals surface area (Å²) in [7, 11) is 0. The standard InChI is InChI=1S/C22H26N4/c1-4-25(17-19-11-7-6-8-12-19)21-14-15-23-22(24-21)26(5-2)20-13-9-10-18(3)16-20/h6-16H,4-5,17H2,1-3H3. The van der Waals surface area contributed by atoms with Crippen LogP contribution in [0.2, 0.25) is 0 Å². The molecule has 0 aliphatic rings. The Morgan fingerprint density at radius 1 is 0.885 bits per heavy atom. The van der Waals surface area contributed by atoms with E-state index in [0.717, 1.165) is 37.1 Å². The van der Waals surface area contributed by atoms with Gasteiger partial charge in [0.15, 0.2) is 0 Å². The minimum absolute atomic E-state index is 0.738. The lowest BCUT2D eigenvalue weighted by atomic mass is 10.2. The van der Waals surface area contributed by atoms with Crippen molar-refractivity contribution in [2.24, 2.45) is 0 Å². The van der Waals surface area contributed by atoms with Crippen LogP contribution >= 0.6 is 0 Å². The van der Waals surface area contributed by atoms with Crippen molar-refractivity contribution in [2.75, 3.05) is 22.9 Å². The molecule has 0 radical (unpaired) electrons. The Morgan fingerprint density at radius 2 is 1.69 bits per heavy atom. The van der Waals surface area contributed by atoms with Crippen molar-refractivity contribution < 1.29 is 0 Å². The van der Waals surface area contributed by atoms with Crippen molar-refractivity contribution in [2.45, 2.75) is 27.3 Å². The molecule has 1 aromatic heterocycles. The van der Waals surface area contributed by atoms with Gasteiger partial charge in [-0.15, -0.1) is 0 Å². The third-order valence-corrected chi connectivity index (χ3v) is 4.42. The van der Waals surface area contributed by atoms with Gasteiger partial charge in [-0.2, -0.15) is 4.98 Å². The third kappa shape index (κ3) is 4.20. The molecule has 4 heteroatoms. The van der Waals surface area contributed by atoms with Crippen molar-refractivity contribution in [3.8, 4) is 0 Å². The maximum absolute atomic E-state index is 4.86. The molecule has 0 unspecified atom stereocenters. The summed E-state index contributed by atoms with van der Waals surface area (Å²) in [5.74, 6) is 1.69. The van der Waals surface area contributed by atoms with E-state index in [1.54, 1.807) is 0 Å². The average molecular weight is 346 g/mol. The van der Waals surface area contributed by atoms with Crippen LogP contribution in [0.1, 0.15) is 25.0 Å². The molecule has 0 amide bonds. The van der Waals surface area contributed by atoms with Gasteiger partial charge in [-0.25, -0.2) is 4.98 Å². The van der Waals surface area contributed by atoms with Crippen LogP contribution in [0.5, 0.6) is 0 Å². The highest BCUT2D eigenvalue weighted by atomic mass is 15.3. The normalized spacial score (nSPS) is 10.6. The van der Waals surface area contributed by atoms with Crippen LogP contribution in [0, 0.1) is 6.92 Å². The predicted molar refractivity (Wildman–Crippen MR) is 109 cm³/mol. The fourth-order valence-corrected chi connectivity index (χ4v) is 3.04. The van der Waals surface area contributed by atoms with Gasteiger partial charge in [-0.05, 0) is 50.1 Å². The number of aromatic nitrogens is 2. The molecular formula is C22H26N4. The van der Waals surface area contributed by atoms with E-state index in [0.29, 0.717) is 0 Å². The molecule has 26 heavy (non-hydrogen) atoms. The minimum Gasteiger partial charge on any atom is -0.352 e. The highest BCUT2D eigenvalue weighted by Gasteiger charge is 2.13. The highest BCUT2D eigenvalue weighted by molar-refractivity contribution is 5.59. The van der Waals surface area contributed by atoms with E-state index in [1.807, 2.05) is 18.3 Å². The SMILES string of the molecule is CCN(Cc1ccccc1)c1ccnc(N(CC)c2cccc(C)c2)n1. The zero-order valence-electron chi connectivity index (χ0n) is 15.8. The molecule has 134 valence electrons. The maximum atomic E-state index is 4.86. The van der Waals surface area contributed by atoms with Crippen LogP contribution in [0.4, 0.5) is 17.5 Å². The van der Waals surface area contributed by atoms with Crippen LogP contribution in [0.15, 0.2) is 66.9 Å². The number of hydrogen-bond acceptors (Lipinski definition) is 4. The molecule has 3 aromatic rings. The molecule has 0 aliphatic carbocycles. The topological polar surface area (TPSA) is 32.3 Å². The van der Waals surface area contributed by atoms with Crippen molar-refractivity contribution in [3.63, 3.8) is 0 Å². The van der Waals surface area contributed by atoms with Crippen LogP contribution in [-0.4, -0.2) is 23.1 Å². The van der Waals surface area contributed by atoms with Gasteiger partial charge in [0.05, 0.1) is 0 Å². The van der Waals surface area contributed by atoms with E-state index in [2.05, 4.69) is 84.1 Å². The van der Waals surface area contributed by atoms with Gasteiger partial charge in [0.25, 0.3) is 0 Å². The van der Waals surface area contributed by atoms with E-state index in [4.69, 9.17) is 4.98 Å². The molecule has 0 saturated heterocycles. The molecule has 2 aromatic carbocycles. The van der Waals surface area contributed by atoms with Gasteiger partial charge in [0.1, 0.15) is 5.82 Å². The Morgan fingerprint density at radius 3 is 2.38 bits per heavy atom. The first-order valence-corrected chi connectivity index (χ1v) is 9.17. The lowest BCUT2D eigenvalue weighted by Crippen LogP contribution is -2.25. The summed E-state index contributed by atoms with van der Waals surface area (Å²) in [6.45, 7) is 8.93. The van der Waals surface area contributed by atoms with E-state index >= 15 is 0 Å². The zero-order chi connectivity index (χ0) is 18.4. The van der Waals surface area contributed by atoms with E-state index in [1.165, 1.54) is 11.1 Å². The van der Waals surface area contributed by atoms with E-state index in [-0.39, 0.29) is 0 Å². The Hall–Kier alpha value is -2.88. The molecule has 0 spiro atoms. The molecule has 0 aliphatic heterocycles. The van der Waals surface area contributed by atoms with Crippen LogP contribution < -0.4 is 9.80 Å². The fourth-order valence-electron chi connectivity index (χ4n) is 3.04. The molecule has 4 nitrogen and oxygen atoms in total. The Balaban J connectivity index is 1.88. The van der Waals surface area contributed by atoms with Crippen molar-refractivity contribution in [1.29, 1.82) is 0 Å². The number of nitrogens with zero attached hydrogens (tertiary/aromatic N) is 4. The third-order valence-electron chi connectivity index (χ3n) is 4.42. The molecule has 0 atom stereocenters. The maximum Gasteiger partial charge on any atom is 0.231 e. The highest BCUT2D eigenvalue weighted by Crippen LogP contribution is 2.24. The molecule has 1 heterocycles. The quantitative estimate of drug-likeness (QED) is 0.604. The predicted octanol–water partition coefficient (Wildman–Crippen LogP) is 4.97. The summed E-state index contributed by atoms with van der Waals surface area (Å²) >= 11 is 0. The van der Waals surface area contributed by atoms with E-state index in [9.17, 15) is 0 Å². The second-order valence-electron chi connectivity index (χ2n) is 6.30. The van der Waals surface area contributed by atoms with Crippen LogP contribution in [0.3, 0.4) is 0 Å².